The highest BCUT2D eigenvalue weighted by molar-refractivity contribution is 6.50. The Bertz CT molecular complexity index is 705. The van der Waals surface area contributed by atoms with Crippen LogP contribution in [-0.4, -0.2) is 22.7 Å². The van der Waals surface area contributed by atoms with Crippen LogP contribution in [0, 0.1) is 0 Å². The summed E-state index contributed by atoms with van der Waals surface area (Å²) in [5.41, 5.74) is 3.22. The van der Waals surface area contributed by atoms with Crippen LogP contribution < -0.4 is 5.84 Å². The largest absolute Gasteiger partial charge is 0.283 e. The second kappa shape index (κ2) is 5.10. The third kappa shape index (κ3) is 2.21. The molecule has 20 heavy (non-hydrogen) atoms. The number of hydrogen-bond acceptors (Lipinski definition) is 2. The molecular formula is C16H14ClN2O+. The van der Waals surface area contributed by atoms with Crippen LogP contribution in [-0.2, 0) is 6.42 Å². The Hall–Kier alpha value is -2.13. The normalized spacial score (nSPS) is 14.1. The van der Waals surface area contributed by atoms with Crippen LogP contribution in [0.15, 0.2) is 48.5 Å². The van der Waals surface area contributed by atoms with Crippen molar-refractivity contribution in [2.75, 3.05) is 6.54 Å². The van der Waals surface area contributed by atoms with Crippen molar-refractivity contribution < 1.29 is 9.48 Å². The molecule has 1 aliphatic heterocycles. The number of hydrazone groups is 1. The maximum atomic E-state index is 12.7. The van der Waals surface area contributed by atoms with E-state index in [0.717, 1.165) is 17.5 Å². The van der Waals surface area contributed by atoms with Gasteiger partial charge in [-0.3, -0.25) is 4.79 Å². The first kappa shape index (κ1) is 12.9. The van der Waals surface area contributed by atoms with E-state index in [1.54, 1.807) is 28.9 Å². The topological polar surface area (TPSA) is 46.1 Å². The number of carbonyl (C=O) groups excluding carboxylic acids is 1. The van der Waals surface area contributed by atoms with Crippen molar-refractivity contribution in [2.24, 2.45) is 5.84 Å². The molecule has 3 rings (SSSR count). The number of halogens is 1. The van der Waals surface area contributed by atoms with Gasteiger partial charge in [-0.05, 0) is 35.9 Å². The summed E-state index contributed by atoms with van der Waals surface area (Å²) in [7, 11) is 0. The lowest BCUT2D eigenvalue weighted by Crippen LogP contribution is -2.39. The number of carbonyl (C=O) groups is 1. The molecule has 2 aromatic rings. The average molecular weight is 286 g/mol. The van der Waals surface area contributed by atoms with Crippen LogP contribution in [0.5, 0.6) is 0 Å². The van der Waals surface area contributed by atoms with E-state index in [0.29, 0.717) is 22.8 Å². The molecule has 0 aliphatic carbocycles. The van der Waals surface area contributed by atoms with Crippen molar-refractivity contribution in [1.82, 2.24) is 0 Å². The van der Waals surface area contributed by atoms with Gasteiger partial charge in [0.1, 0.15) is 0 Å². The minimum absolute atomic E-state index is 0.0729. The third-order valence-corrected chi connectivity index (χ3v) is 3.76. The van der Waals surface area contributed by atoms with Crippen LogP contribution >= 0.6 is 11.6 Å². The zero-order chi connectivity index (χ0) is 14.1. The molecule has 3 nitrogen and oxygen atoms in total. The van der Waals surface area contributed by atoms with Gasteiger partial charge in [0.05, 0.1) is 5.56 Å². The Labute approximate surface area is 122 Å². The molecule has 0 aromatic heterocycles. The van der Waals surface area contributed by atoms with Crippen LogP contribution in [0.2, 0.25) is 5.02 Å². The highest BCUT2D eigenvalue weighted by atomic mass is 35.5. The predicted octanol–water partition coefficient (Wildman–Crippen LogP) is 2.45. The molecule has 2 N–H and O–H groups in total. The van der Waals surface area contributed by atoms with Gasteiger partial charge in [-0.2, -0.15) is 0 Å². The highest BCUT2D eigenvalue weighted by Gasteiger charge is 2.31. The van der Waals surface area contributed by atoms with Gasteiger partial charge in [0.2, 0.25) is 0 Å². The lowest BCUT2D eigenvalue weighted by atomic mass is 9.92. The zero-order valence-electron chi connectivity index (χ0n) is 10.8. The molecule has 0 fully saturated rings. The first-order chi connectivity index (χ1) is 9.66. The molecule has 0 unspecified atom stereocenters. The molecular weight excluding hydrogens is 272 g/mol. The second-order valence-corrected chi connectivity index (χ2v) is 5.22. The number of Topliss-reactive ketones (excluding diaryl/α,β-unsaturated/α-hetero) is 1. The predicted molar refractivity (Wildman–Crippen MR) is 79.4 cm³/mol. The second-order valence-electron chi connectivity index (χ2n) is 4.79. The Morgan fingerprint density at radius 2 is 1.80 bits per heavy atom. The van der Waals surface area contributed by atoms with Crippen LogP contribution in [0.25, 0.3) is 0 Å². The molecule has 0 radical (unpaired) electrons. The molecule has 0 saturated carbocycles. The zero-order valence-corrected chi connectivity index (χ0v) is 11.6. The summed E-state index contributed by atoms with van der Waals surface area (Å²) in [5.74, 6) is 5.94. The van der Waals surface area contributed by atoms with Crippen LogP contribution in [0.1, 0.15) is 21.5 Å². The monoisotopic (exact) mass is 285 g/mol. The van der Waals surface area contributed by atoms with Crippen molar-refractivity contribution in [3.63, 3.8) is 0 Å². The van der Waals surface area contributed by atoms with Crippen molar-refractivity contribution >= 4 is 23.1 Å². The molecule has 0 bridgehead atoms. The van der Waals surface area contributed by atoms with E-state index in [1.807, 2.05) is 24.3 Å². The fourth-order valence-corrected chi connectivity index (χ4v) is 2.59. The Balaban J connectivity index is 2.08. The Morgan fingerprint density at radius 1 is 1.10 bits per heavy atom. The van der Waals surface area contributed by atoms with E-state index in [4.69, 9.17) is 17.4 Å². The molecule has 2 aromatic carbocycles. The first-order valence-electron chi connectivity index (χ1n) is 6.44. The lowest BCUT2D eigenvalue weighted by Gasteiger charge is -2.14. The molecule has 1 aliphatic rings. The van der Waals surface area contributed by atoms with E-state index in [9.17, 15) is 4.79 Å². The molecule has 4 heteroatoms. The van der Waals surface area contributed by atoms with Crippen molar-refractivity contribution in [3.8, 4) is 0 Å². The van der Waals surface area contributed by atoms with Gasteiger partial charge in [-0.1, -0.05) is 29.8 Å². The summed E-state index contributed by atoms with van der Waals surface area (Å²) in [5, 5.41) is 0.611. The van der Waals surface area contributed by atoms with Gasteiger partial charge in [0.25, 0.3) is 11.5 Å². The number of rotatable bonds is 2. The fraction of sp³-hybridized carbons (Fsp3) is 0.125. The minimum Gasteiger partial charge on any atom is -0.282 e. The summed E-state index contributed by atoms with van der Waals surface area (Å²) >= 11 is 5.86. The smallest absolute Gasteiger partial charge is 0.282 e. The maximum absolute atomic E-state index is 12.7. The molecule has 100 valence electrons. The number of hydrazine groups is 1. The van der Waals surface area contributed by atoms with Crippen LogP contribution in [0.3, 0.4) is 0 Å². The van der Waals surface area contributed by atoms with Crippen molar-refractivity contribution in [1.29, 1.82) is 0 Å². The number of hydrogen-bond donors (Lipinski definition) is 1. The molecule has 0 amide bonds. The van der Waals surface area contributed by atoms with Crippen LogP contribution in [0.4, 0.5) is 0 Å². The van der Waals surface area contributed by atoms with Gasteiger partial charge in [0, 0.05) is 17.0 Å². The quantitative estimate of drug-likeness (QED) is 0.523. The highest BCUT2D eigenvalue weighted by Crippen LogP contribution is 2.18. The Kier molecular flexibility index (Phi) is 3.28. The number of nitrogens with zero attached hydrogens (tertiary/aromatic N) is 1. The van der Waals surface area contributed by atoms with Gasteiger partial charge >= 0.3 is 0 Å². The number of ketones is 1. The van der Waals surface area contributed by atoms with E-state index in [1.165, 1.54) is 0 Å². The molecule has 1 heterocycles. The fourth-order valence-electron chi connectivity index (χ4n) is 2.47. The third-order valence-electron chi connectivity index (χ3n) is 3.50. The van der Waals surface area contributed by atoms with E-state index < -0.39 is 0 Å². The van der Waals surface area contributed by atoms with Gasteiger partial charge in [-0.15, -0.1) is 4.68 Å². The first-order valence-corrected chi connectivity index (χ1v) is 6.82. The summed E-state index contributed by atoms with van der Waals surface area (Å²) in [6.07, 6.45) is 0.851. The van der Waals surface area contributed by atoms with Gasteiger partial charge in [-0.25, -0.2) is 5.84 Å². The maximum Gasteiger partial charge on any atom is 0.283 e. The summed E-state index contributed by atoms with van der Waals surface area (Å²) in [6.45, 7) is 0.645. The summed E-state index contributed by atoms with van der Waals surface area (Å²) in [4.78, 5) is 12.7. The molecule has 0 atom stereocenters. The van der Waals surface area contributed by atoms with E-state index in [2.05, 4.69) is 0 Å². The van der Waals surface area contributed by atoms with Crippen molar-refractivity contribution in [2.45, 2.75) is 6.42 Å². The minimum atomic E-state index is -0.0729. The average Bonchev–Trinajstić information content (AvgIpc) is 2.47. The standard InChI is InChI=1S/C16H13ClN2O/c17-13-7-5-12(6-8-13)16(20)15-14-4-2-1-3-11(14)9-10-19(15)18/h1-8H,9-10H2,(H-,18,20)/p+1. The number of benzene rings is 2. The summed E-state index contributed by atoms with van der Waals surface area (Å²) < 4.78 is 1.54. The molecule has 0 saturated heterocycles. The SMILES string of the molecule is N[N+]1=C(C(=O)c2ccc(Cl)cc2)c2ccccc2CC1. The van der Waals surface area contributed by atoms with E-state index >= 15 is 0 Å². The lowest BCUT2D eigenvalue weighted by molar-refractivity contribution is -0.538. The number of nitrogens with two attached hydrogens (primary N) is 1. The Morgan fingerprint density at radius 3 is 2.55 bits per heavy atom. The molecule has 0 spiro atoms. The van der Waals surface area contributed by atoms with E-state index in [-0.39, 0.29) is 5.78 Å². The summed E-state index contributed by atoms with van der Waals surface area (Å²) in [6, 6.07) is 14.8. The van der Waals surface area contributed by atoms with Gasteiger partial charge in [0.15, 0.2) is 6.54 Å². The van der Waals surface area contributed by atoms with Crippen molar-refractivity contribution in [3.05, 3.63) is 70.2 Å². The van der Waals surface area contributed by atoms with Gasteiger partial charge < -0.3 is 0 Å². The number of fused-ring (bicyclic) bond motifs is 1.